The van der Waals surface area contributed by atoms with Crippen molar-refractivity contribution in [1.82, 2.24) is 15.3 Å². The molecule has 0 aliphatic carbocycles. The molecule has 2 heterocycles. The molecular formula is C12H15N3O. The molecule has 1 N–H and O–H groups in total. The molecule has 0 amide bonds. The summed E-state index contributed by atoms with van der Waals surface area (Å²) in [5.74, 6) is 1.83. The number of nitrogens with zero attached hydrogens (tertiary/aromatic N) is 2. The Hall–Kier alpha value is -1.68. The number of hydrogen-bond donors (Lipinski definition) is 1. The van der Waals surface area contributed by atoms with E-state index < -0.39 is 0 Å². The molecule has 0 saturated heterocycles. The summed E-state index contributed by atoms with van der Waals surface area (Å²) in [6, 6.07) is 2.07. The van der Waals surface area contributed by atoms with Gasteiger partial charge in [-0.1, -0.05) is 0 Å². The van der Waals surface area contributed by atoms with Crippen LogP contribution in [0.25, 0.3) is 0 Å². The van der Waals surface area contributed by atoms with Crippen LogP contribution in [0.2, 0.25) is 0 Å². The van der Waals surface area contributed by atoms with Crippen LogP contribution in [0.1, 0.15) is 28.8 Å². The summed E-state index contributed by atoms with van der Waals surface area (Å²) in [7, 11) is 1.90. The molecule has 1 unspecified atom stereocenters. The largest absolute Gasteiger partial charge is 0.466 e. The van der Waals surface area contributed by atoms with Crippen molar-refractivity contribution in [3.63, 3.8) is 0 Å². The molecule has 2 aromatic rings. The fraction of sp³-hybridized carbons (Fsp3) is 0.333. The predicted octanol–water partition coefficient (Wildman–Crippen LogP) is 2.00. The van der Waals surface area contributed by atoms with Crippen molar-refractivity contribution >= 4 is 0 Å². The van der Waals surface area contributed by atoms with Gasteiger partial charge in [0.05, 0.1) is 17.9 Å². The monoisotopic (exact) mass is 217 g/mol. The van der Waals surface area contributed by atoms with E-state index in [1.165, 1.54) is 0 Å². The number of rotatable bonds is 3. The molecule has 0 spiro atoms. The number of hydrogen-bond acceptors (Lipinski definition) is 4. The Morgan fingerprint density at radius 1 is 1.31 bits per heavy atom. The van der Waals surface area contributed by atoms with Crippen LogP contribution in [0.5, 0.6) is 0 Å². The zero-order chi connectivity index (χ0) is 11.5. The van der Waals surface area contributed by atoms with Crippen LogP contribution in [0.15, 0.2) is 29.1 Å². The van der Waals surface area contributed by atoms with Gasteiger partial charge < -0.3 is 9.73 Å². The maximum absolute atomic E-state index is 5.53. The maximum atomic E-state index is 5.53. The van der Waals surface area contributed by atoms with Gasteiger partial charge in [0.2, 0.25) is 0 Å². The summed E-state index contributed by atoms with van der Waals surface area (Å²) in [4.78, 5) is 8.39. The van der Waals surface area contributed by atoms with Crippen LogP contribution in [0.4, 0.5) is 0 Å². The topological polar surface area (TPSA) is 51.0 Å². The Morgan fingerprint density at radius 2 is 2.12 bits per heavy atom. The minimum absolute atomic E-state index is 0.0335. The van der Waals surface area contributed by atoms with Crippen molar-refractivity contribution < 1.29 is 4.42 Å². The minimum atomic E-state index is 0.0335. The van der Waals surface area contributed by atoms with E-state index in [0.717, 1.165) is 22.8 Å². The third kappa shape index (κ3) is 1.97. The third-order valence-electron chi connectivity index (χ3n) is 2.56. The molecule has 84 valence electrons. The molecule has 1 atom stereocenters. The van der Waals surface area contributed by atoms with Crippen LogP contribution < -0.4 is 5.32 Å². The van der Waals surface area contributed by atoms with E-state index >= 15 is 0 Å². The lowest BCUT2D eigenvalue weighted by Crippen LogP contribution is -2.19. The molecule has 16 heavy (non-hydrogen) atoms. The van der Waals surface area contributed by atoms with Gasteiger partial charge in [-0.15, -0.1) is 0 Å². The highest BCUT2D eigenvalue weighted by molar-refractivity contribution is 5.30. The number of aryl methyl sites for hydroxylation is 2. The number of furan rings is 1. The normalized spacial score (nSPS) is 12.7. The van der Waals surface area contributed by atoms with Gasteiger partial charge in [0, 0.05) is 18.0 Å². The average Bonchev–Trinajstić information content (AvgIpc) is 2.61. The fourth-order valence-corrected chi connectivity index (χ4v) is 1.86. The van der Waals surface area contributed by atoms with E-state index in [2.05, 4.69) is 15.3 Å². The second-order valence-electron chi connectivity index (χ2n) is 3.72. The Morgan fingerprint density at radius 3 is 2.62 bits per heavy atom. The Bertz CT molecular complexity index is 464. The van der Waals surface area contributed by atoms with Gasteiger partial charge in [-0.25, -0.2) is 0 Å². The summed E-state index contributed by atoms with van der Waals surface area (Å²) in [6.45, 7) is 3.91. The lowest BCUT2D eigenvalue weighted by molar-refractivity contribution is 0.496. The first-order valence-electron chi connectivity index (χ1n) is 5.22. The van der Waals surface area contributed by atoms with Gasteiger partial charge >= 0.3 is 0 Å². The van der Waals surface area contributed by atoms with Crippen molar-refractivity contribution in [2.75, 3.05) is 7.05 Å². The zero-order valence-electron chi connectivity index (χ0n) is 9.69. The Kier molecular flexibility index (Phi) is 3.01. The van der Waals surface area contributed by atoms with Crippen LogP contribution in [0.3, 0.4) is 0 Å². The molecule has 0 aliphatic rings. The smallest absolute Gasteiger partial charge is 0.106 e. The molecule has 2 rings (SSSR count). The Balaban J connectivity index is 2.40. The van der Waals surface area contributed by atoms with Crippen LogP contribution in [0, 0.1) is 13.8 Å². The second kappa shape index (κ2) is 4.45. The predicted molar refractivity (Wildman–Crippen MR) is 61.1 cm³/mol. The zero-order valence-corrected chi connectivity index (χ0v) is 9.69. The molecule has 0 radical (unpaired) electrons. The van der Waals surface area contributed by atoms with Gasteiger partial charge in [0.25, 0.3) is 0 Å². The molecular weight excluding hydrogens is 202 g/mol. The summed E-state index contributed by atoms with van der Waals surface area (Å²) in [6.07, 6.45) is 5.13. The average molecular weight is 217 g/mol. The van der Waals surface area contributed by atoms with E-state index in [1.54, 1.807) is 18.6 Å². The SMILES string of the molecule is CNC(c1cnccn1)c1cc(C)oc1C. The van der Waals surface area contributed by atoms with Gasteiger partial charge in [-0.3, -0.25) is 9.97 Å². The summed E-state index contributed by atoms with van der Waals surface area (Å²) in [5, 5.41) is 3.23. The first-order valence-corrected chi connectivity index (χ1v) is 5.22. The Labute approximate surface area is 94.7 Å². The van der Waals surface area contributed by atoms with Crippen LogP contribution in [-0.2, 0) is 0 Å². The van der Waals surface area contributed by atoms with Gasteiger partial charge in [-0.2, -0.15) is 0 Å². The van der Waals surface area contributed by atoms with E-state index in [9.17, 15) is 0 Å². The molecule has 0 saturated carbocycles. The molecule has 0 bridgehead atoms. The van der Waals surface area contributed by atoms with E-state index in [1.807, 2.05) is 27.0 Å². The molecule has 0 fully saturated rings. The molecule has 0 aromatic carbocycles. The molecule has 4 heteroatoms. The quantitative estimate of drug-likeness (QED) is 0.854. The first kappa shape index (κ1) is 10.8. The molecule has 2 aromatic heterocycles. The maximum Gasteiger partial charge on any atom is 0.106 e. The van der Waals surface area contributed by atoms with Crippen molar-refractivity contribution in [1.29, 1.82) is 0 Å². The standard InChI is InChI=1S/C12H15N3O/c1-8-6-10(9(2)16-8)12(13-3)11-7-14-4-5-15-11/h4-7,12-13H,1-3H3. The first-order chi connectivity index (χ1) is 7.72. The highest BCUT2D eigenvalue weighted by atomic mass is 16.3. The summed E-state index contributed by atoms with van der Waals surface area (Å²) < 4.78 is 5.53. The number of nitrogens with one attached hydrogen (secondary N) is 1. The van der Waals surface area contributed by atoms with E-state index in [0.29, 0.717) is 0 Å². The fourth-order valence-electron chi connectivity index (χ4n) is 1.86. The summed E-state index contributed by atoms with van der Waals surface area (Å²) in [5.41, 5.74) is 2.01. The van der Waals surface area contributed by atoms with Crippen molar-refractivity contribution in [3.05, 3.63) is 47.4 Å². The number of aromatic nitrogens is 2. The third-order valence-corrected chi connectivity index (χ3v) is 2.56. The van der Waals surface area contributed by atoms with E-state index in [4.69, 9.17) is 4.42 Å². The van der Waals surface area contributed by atoms with Crippen LogP contribution >= 0.6 is 0 Å². The van der Waals surface area contributed by atoms with Crippen molar-refractivity contribution in [2.24, 2.45) is 0 Å². The lowest BCUT2D eigenvalue weighted by Gasteiger charge is -2.14. The van der Waals surface area contributed by atoms with Crippen LogP contribution in [-0.4, -0.2) is 17.0 Å². The molecule has 0 aliphatic heterocycles. The van der Waals surface area contributed by atoms with Crippen molar-refractivity contribution in [3.8, 4) is 0 Å². The van der Waals surface area contributed by atoms with Crippen molar-refractivity contribution in [2.45, 2.75) is 19.9 Å². The minimum Gasteiger partial charge on any atom is -0.466 e. The highest BCUT2D eigenvalue weighted by Crippen LogP contribution is 2.25. The molecule has 4 nitrogen and oxygen atoms in total. The highest BCUT2D eigenvalue weighted by Gasteiger charge is 2.18. The van der Waals surface area contributed by atoms with Gasteiger partial charge in [0.1, 0.15) is 11.5 Å². The lowest BCUT2D eigenvalue weighted by atomic mass is 10.1. The van der Waals surface area contributed by atoms with Gasteiger partial charge in [0.15, 0.2) is 0 Å². The summed E-state index contributed by atoms with van der Waals surface area (Å²) >= 11 is 0. The van der Waals surface area contributed by atoms with Gasteiger partial charge in [-0.05, 0) is 27.0 Å². The van der Waals surface area contributed by atoms with E-state index in [-0.39, 0.29) is 6.04 Å². The second-order valence-corrected chi connectivity index (χ2v) is 3.72.